The summed E-state index contributed by atoms with van der Waals surface area (Å²) in [6.07, 6.45) is 0. The lowest BCUT2D eigenvalue weighted by molar-refractivity contribution is -0.120. The Morgan fingerprint density at radius 1 is 1.29 bits per heavy atom. The van der Waals surface area contributed by atoms with Gasteiger partial charge in [-0.05, 0) is 73.9 Å². The predicted molar refractivity (Wildman–Crippen MR) is 125 cm³/mol. The van der Waals surface area contributed by atoms with E-state index in [1.807, 2.05) is 48.5 Å². The normalized spacial score (nSPS) is 16.5. The van der Waals surface area contributed by atoms with Gasteiger partial charge in [0.2, 0.25) is 0 Å². The van der Waals surface area contributed by atoms with Crippen LogP contribution < -0.4 is 5.32 Å². The summed E-state index contributed by atoms with van der Waals surface area (Å²) in [5.74, 6) is -0.658. The predicted octanol–water partition coefficient (Wildman–Crippen LogP) is 2.59. The Morgan fingerprint density at radius 2 is 2.00 bits per heavy atom. The van der Waals surface area contributed by atoms with Gasteiger partial charge in [0.25, 0.3) is 5.91 Å². The Balaban J connectivity index is 1.68. The van der Waals surface area contributed by atoms with E-state index in [0.717, 1.165) is 3.57 Å². The number of hydrogen-bond acceptors (Lipinski definition) is 6. The van der Waals surface area contributed by atoms with E-state index in [1.165, 1.54) is 6.07 Å². The lowest BCUT2D eigenvalue weighted by Gasteiger charge is -2.51. The number of carbonyl (C=O) groups is 1. The standard InChI is InChI=1S/C21H24FIN6O2/c1-12(27(2)3)21(31)10-29(11-21)20(30)14-8-19-18(25-26-28(19)4)9-17(14)24-16-6-5-13(23)7-15(16)22/h5-9,12,24,31H,10-11H2,1-4H3/t12-/m0/s1. The number of likely N-dealkylation sites (N-methyl/N-ethyl adjacent to an activating group) is 1. The molecule has 1 amide bonds. The van der Waals surface area contributed by atoms with Crippen LogP contribution >= 0.6 is 22.6 Å². The molecule has 0 saturated carbocycles. The minimum Gasteiger partial charge on any atom is -0.385 e. The highest BCUT2D eigenvalue weighted by atomic mass is 127. The van der Waals surface area contributed by atoms with E-state index >= 15 is 0 Å². The smallest absolute Gasteiger partial charge is 0.256 e. The van der Waals surface area contributed by atoms with Crippen molar-refractivity contribution >= 4 is 50.9 Å². The molecule has 0 aliphatic carbocycles. The summed E-state index contributed by atoms with van der Waals surface area (Å²) in [7, 11) is 5.54. The molecule has 2 heterocycles. The van der Waals surface area contributed by atoms with Gasteiger partial charge in [-0.15, -0.1) is 5.10 Å². The molecule has 2 aromatic carbocycles. The minimum absolute atomic E-state index is 0.0983. The summed E-state index contributed by atoms with van der Waals surface area (Å²) >= 11 is 2.04. The molecule has 1 saturated heterocycles. The molecule has 164 valence electrons. The van der Waals surface area contributed by atoms with Gasteiger partial charge in [-0.1, -0.05) is 5.21 Å². The van der Waals surface area contributed by atoms with Crippen molar-refractivity contribution in [2.45, 2.75) is 18.6 Å². The average molecular weight is 538 g/mol. The first-order valence-corrected chi connectivity index (χ1v) is 10.9. The van der Waals surface area contributed by atoms with E-state index in [9.17, 15) is 14.3 Å². The van der Waals surface area contributed by atoms with Crippen molar-refractivity contribution in [2.24, 2.45) is 7.05 Å². The van der Waals surface area contributed by atoms with Crippen LogP contribution in [0.1, 0.15) is 17.3 Å². The Bertz CT molecular complexity index is 1160. The summed E-state index contributed by atoms with van der Waals surface area (Å²) in [5, 5.41) is 22.0. The van der Waals surface area contributed by atoms with Crippen molar-refractivity contribution in [2.75, 3.05) is 32.5 Å². The molecular formula is C21H24FIN6O2. The third-order valence-electron chi connectivity index (χ3n) is 5.95. The van der Waals surface area contributed by atoms with Gasteiger partial charge in [-0.3, -0.25) is 4.79 Å². The number of aryl methyl sites for hydroxylation is 1. The van der Waals surface area contributed by atoms with Gasteiger partial charge < -0.3 is 20.2 Å². The van der Waals surface area contributed by atoms with E-state index in [2.05, 4.69) is 15.6 Å². The molecule has 4 rings (SSSR count). The molecule has 3 aromatic rings. The number of carbonyl (C=O) groups excluding carboxylic acids is 1. The maximum absolute atomic E-state index is 14.5. The fourth-order valence-electron chi connectivity index (χ4n) is 3.77. The summed E-state index contributed by atoms with van der Waals surface area (Å²) in [4.78, 5) is 16.9. The molecule has 2 N–H and O–H groups in total. The molecule has 1 aromatic heterocycles. The maximum Gasteiger partial charge on any atom is 0.256 e. The van der Waals surface area contributed by atoms with Crippen LogP contribution in [-0.4, -0.2) is 74.6 Å². The summed E-state index contributed by atoms with van der Waals surface area (Å²) in [5.41, 5.74) is 1.39. The highest BCUT2D eigenvalue weighted by molar-refractivity contribution is 14.1. The van der Waals surface area contributed by atoms with E-state index in [4.69, 9.17) is 0 Å². The lowest BCUT2D eigenvalue weighted by atomic mass is 9.85. The molecule has 1 aliphatic heterocycles. The van der Waals surface area contributed by atoms with Gasteiger partial charge in [0.05, 0.1) is 35.5 Å². The highest BCUT2D eigenvalue weighted by Gasteiger charge is 2.48. The van der Waals surface area contributed by atoms with Crippen molar-refractivity contribution < 1.29 is 14.3 Å². The summed E-state index contributed by atoms with van der Waals surface area (Å²) in [6, 6.07) is 8.14. The Kier molecular flexibility index (Phi) is 5.64. The average Bonchev–Trinajstić information content (AvgIpc) is 3.05. The van der Waals surface area contributed by atoms with Crippen LogP contribution in [0.25, 0.3) is 11.0 Å². The molecule has 1 fully saturated rings. The van der Waals surface area contributed by atoms with Gasteiger partial charge in [-0.25, -0.2) is 9.07 Å². The topological polar surface area (TPSA) is 86.5 Å². The number of amides is 1. The van der Waals surface area contributed by atoms with Crippen molar-refractivity contribution in [1.82, 2.24) is 24.8 Å². The SMILES string of the molecule is C[C@H](N(C)C)C1(O)CN(C(=O)c2cc3c(cc2Nc2ccc(I)cc2F)nnn3C)C1. The van der Waals surface area contributed by atoms with Crippen LogP contribution in [0.15, 0.2) is 30.3 Å². The molecular weight excluding hydrogens is 514 g/mol. The largest absolute Gasteiger partial charge is 0.385 e. The number of halogens is 2. The zero-order chi connectivity index (χ0) is 22.5. The first-order chi connectivity index (χ1) is 14.6. The first-order valence-electron chi connectivity index (χ1n) is 9.82. The second-order valence-corrected chi connectivity index (χ2v) is 9.50. The fraction of sp³-hybridized carbons (Fsp3) is 0.381. The van der Waals surface area contributed by atoms with E-state index in [-0.39, 0.29) is 30.7 Å². The number of aliphatic hydroxyl groups is 1. The van der Waals surface area contributed by atoms with Crippen molar-refractivity contribution in [3.8, 4) is 0 Å². The second-order valence-electron chi connectivity index (χ2n) is 8.25. The van der Waals surface area contributed by atoms with Crippen LogP contribution in [0.3, 0.4) is 0 Å². The number of benzene rings is 2. The molecule has 1 aliphatic rings. The zero-order valence-electron chi connectivity index (χ0n) is 17.7. The van der Waals surface area contributed by atoms with Crippen LogP contribution in [0.5, 0.6) is 0 Å². The van der Waals surface area contributed by atoms with Crippen LogP contribution in [0.2, 0.25) is 0 Å². The molecule has 0 spiro atoms. The van der Waals surface area contributed by atoms with E-state index in [0.29, 0.717) is 22.3 Å². The van der Waals surface area contributed by atoms with E-state index in [1.54, 1.807) is 40.9 Å². The number of nitrogens with zero attached hydrogens (tertiary/aromatic N) is 5. The van der Waals surface area contributed by atoms with Crippen LogP contribution in [0.4, 0.5) is 15.8 Å². The monoisotopic (exact) mass is 538 g/mol. The lowest BCUT2D eigenvalue weighted by Crippen LogP contribution is -2.70. The van der Waals surface area contributed by atoms with Gasteiger partial charge in [0.1, 0.15) is 16.9 Å². The zero-order valence-corrected chi connectivity index (χ0v) is 19.9. The first kappa shape index (κ1) is 21.9. The Hall–Kier alpha value is -2.31. The van der Waals surface area contributed by atoms with Crippen molar-refractivity contribution in [3.63, 3.8) is 0 Å². The molecule has 0 radical (unpaired) electrons. The van der Waals surface area contributed by atoms with Crippen LogP contribution in [-0.2, 0) is 7.05 Å². The molecule has 10 heteroatoms. The number of nitrogens with one attached hydrogen (secondary N) is 1. The fourth-order valence-corrected chi connectivity index (χ4v) is 4.22. The number of anilines is 2. The van der Waals surface area contributed by atoms with Crippen molar-refractivity contribution in [3.05, 3.63) is 45.3 Å². The Morgan fingerprint density at radius 3 is 2.65 bits per heavy atom. The number of hydrogen-bond donors (Lipinski definition) is 2. The summed E-state index contributed by atoms with van der Waals surface area (Å²) < 4.78 is 16.8. The van der Waals surface area contributed by atoms with Gasteiger partial charge in [0, 0.05) is 16.7 Å². The number of fused-ring (bicyclic) bond motifs is 1. The number of aromatic nitrogens is 3. The van der Waals surface area contributed by atoms with Gasteiger partial charge in [0.15, 0.2) is 0 Å². The molecule has 8 nitrogen and oxygen atoms in total. The van der Waals surface area contributed by atoms with E-state index < -0.39 is 11.4 Å². The molecule has 0 bridgehead atoms. The third-order valence-corrected chi connectivity index (χ3v) is 6.62. The van der Waals surface area contributed by atoms with Gasteiger partial charge >= 0.3 is 0 Å². The number of β-amino-alcohol motifs (C(OH)–C–C–N with tert-alkyl or cyclic N) is 1. The molecule has 0 unspecified atom stereocenters. The number of rotatable bonds is 5. The minimum atomic E-state index is -0.965. The Labute approximate surface area is 193 Å². The molecule has 1 atom stereocenters. The third kappa shape index (κ3) is 3.99. The second kappa shape index (κ2) is 7.99. The summed E-state index contributed by atoms with van der Waals surface area (Å²) in [6.45, 7) is 2.39. The van der Waals surface area contributed by atoms with Gasteiger partial charge in [-0.2, -0.15) is 0 Å². The van der Waals surface area contributed by atoms with Crippen LogP contribution in [0, 0.1) is 9.39 Å². The van der Waals surface area contributed by atoms with Crippen molar-refractivity contribution in [1.29, 1.82) is 0 Å². The maximum atomic E-state index is 14.5. The highest BCUT2D eigenvalue weighted by Crippen LogP contribution is 2.33. The molecule has 31 heavy (non-hydrogen) atoms. The quantitative estimate of drug-likeness (QED) is 0.486. The number of likely N-dealkylation sites (tertiary alicyclic amines) is 1.